The predicted octanol–water partition coefficient (Wildman–Crippen LogP) is 2.56. The summed E-state index contributed by atoms with van der Waals surface area (Å²) in [7, 11) is 1.99. The fourth-order valence-electron chi connectivity index (χ4n) is 2.01. The van der Waals surface area contributed by atoms with Crippen molar-refractivity contribution in [2.75, 3.05) is 17.7 Å². The van der Waals surface area contributed by atoms with Crippen molar-refractivity contribution in [1.82, 2.24) is 4.98 Å². The van der Waals surface area contributed by atoms with Crippen LogP contribution < -0.4 is 10.6 Å². The van der Waals surface area contributed by atoms with Gasteiger partial charge in [0.2, 0.25) is 0 Å². The van der Waals surface area contributed by atoms with Gasteiger partial charge in [0, 0.05) is 47.6 Å². The molecule has 0 amide bonds. The summed E-state index contributed by atoms with van der Waals surface area (Å²) in [5.41, 5.74) is 7.75. The molecule has 4 nitrogen and oxygen atoms in total. The van der Waals surface area contributed by atoms with E-state index >= 15 is 0 Å². The molecule has 92 valence electrons. The molecule has 18 heavy (non-hydrogen) atoms. The first-order valence-electron chi connectivity index (χ1n) is 5.87. The SMILES string of the molecule is CC(CC#N)N(C)c1ccc(N)c2cnccc12. The number of nitriles is 1. The van der Waals surface area contributed by atoms with Crippen LogP contribution in [0.5, 0.6) is 0 Å². The monoisotopic (exact) mass is 240 g/mol. The molecule has 0 radical (unpaired) electrons. The normalized spacial score (nSPS) is 12.1. The number of aromatic nitrogens is 1. The number of anilines is 2. The Bertz CT molecular complexity index is 600. The topological polar surface area (TPSA) is 65.9 Å². The molecule has 0 saturated carbocycles. The number of pyridine rings is 1. The summed E-state index contributed by atoms with van der Waals surface area (Å²) in [6, 6.07) is 8.19. The number of fused-ring (bicyclic) bond motifs is 1. The van der Waals surface area contributed by atoms with Crippen LogP contribution in [0.25, 0.3) is 10.8 Å². The molecule has 2 aromatic rings. The smallest absolute Gasteiger partial charge is 0.0643 e. The molecule has 0 aliphatic rings. The van der Waals surface area contributed by atoms with Gasteiger partial charge in [-0.15, -0.1) is 0 Å². The Labute approximate surface area is 107 Å². The summed E-state index contributed by atoms with van der Waals surface area (Å²) in [4.78, 5) is 6.21. The maximum Gasteiger partial charge on any atom is 0.0643 e. The molecule has 1 unspecified atom stereocenters. The number of hydrogen-bond acceptors (Lipinski definition) is 4. The molecule has 1 aromatic heterocycles. The fraction of sp³-hybridized carbons (Fsp3) is 0.286. The van der Waals surface area contributed by atoms with Crippen LogP contribution in [0.2, 0.25) is 0 Å². The van der Waals surface area contributed by atoms with E-state index in [0.29, 0.717) is 6.42 Å². The molecule has 1 atom stereocenters. The third-order valence-corrected chi connectivity index (χ3v) is 3.26. The average molecular weight is 240 g/mol. The van der Waals surface area contributed by atoms with Crippen molar-refractivity contribution >= 4 is 22.1 Å². The number of nitrogens with zero attached hydrogens (tertiary/aromatic N) is 3. The Morgan fingerprint density at radius 2 is 2.17 bits per heavy atom. The van der Waals surface area contributed by atoms with Crippen molar-refractivity contribution in [2.45, 2.75) is 19.4 Å². The minimum Gasteiger partial charge on any atom is -0.398 e. The number of nitrogens with two attached hydrogens (primary N) is 1. The second kappa shape index (κ2) is 4.92. The second-order valence-electron chi connectivity index (χ2n) is 4.42. The molecule has 0 spiro atoms. The molecular formula is C14H16N4. The molecule has 4 heteroatoms. The van der Waals surface area contributed by atoms with E-state index in [-0.39, 0.29) is 6.04 Å². The van der Waals surface area contributed by atoms with Gasteiger partial charge in [0.15, 0.2) is 0 Å². The Morgan fingerprint density at radius 1 is 1.39 bits per heavy atom. The van der Waals surface area contributed by atoms with Crippen molar-refractivity contribution < 1.29 is 0 Å². The van der Waals surface area contributed by atoms with Gasteiger partial charge in [0.1, 0.15) is 0 Å². The van der Waals surface area contributed by atoms with E-state index in [2.05, 4.69) is 16.0 Å². The van der Waals surface area contributed by atoms with Crippen molar-refractivity contribution in [3.05, 3.63) is 30.6 Å². The number of benzene rings is 1. The van der Waals surface area contributed by atoms with E-state index in [1.54, 1.807) is 12.4 Å². The van der Waals surface area contributed by atoms with Crippen LogP contribution in [-0.2, 0) is 0 Å². The van der Waals surface area contributed by atoms with E-state index in [1.165, 1.54) is 0 Å². The van der Waals surface area contributed by atoms with Gasteiger partial charge >= 0.3 is 0 Å². The largest absolute Gasteiger partial charge is 0.398 e. The third kappa shape index (κ3) is 2.07. The van der Waals surface area contributed by atoms with Gasteiger partial charge in [0.25, 0.3) is 0 Å². The molecule has 2 rings (SSSR count). The van der Waals surface area contributed by atoms with Crippen LogP contribution in [0.3, 0.4) is 0 Å². The van der Waals surface area contributed by atoms with Crippen molar-refractivity contribution in [1.29, 1.82) is 5.26 Å². The van der Waals surface area contributed by atoms with Gasteiger partial charge in [-0.1, -0.05) is 0 Å². The Hall–Kier alpha value is -2.28. The van der Waals surface area contributed by atoms with E-state index in [9.17, 15) is 0 Å². The molecular weight excluding hydrogens is 224 g/mol. The molecule has 2 N–H and O–H groups in total. The zero-order chi connectivity index (χ0) is 13.1. The highest BCUT2D eigenvalue weighted by atomic mass is 15.1. The van der Waals surface area contributed by atoms with Crippen molar-refractivity contribution in [2.24, 2.45) is 0 Å². The summed E-state index contributed by atoms with van der Waals surface area (Å²) >= 11 is 0. The first kappa shape index (κ1) is 12.2. The summed E-state index contributed by atoms with van der Waals surface area (Å²) in [6.07, 6.45) is 4.03. The van der Waals surface area contributed by atoms with Crippen LogP contribution in [0.4, 0.5) is 11.4 Å². The highest BCUT2D eigenvalue weighted by Crippen LogP contribution is 2.30. The van der Waals surface area contributed by atoms with Crippen LogP contribution in [0.15, 0.2) is 30.6 Å². The van der Waals surface area contributed by atoms with Gasteiger partial charge in [-0.05, 0) is 25.1 Å². The zero-order valence-electron chi connectivity index (χ0n) is 10.6. The summed E-state index contributed by atoms with van der Waals surface area (Å²) < 4.78 is 0. The van der Waals surface area contributed by atoms with Gasteiger partial charge in [0.05, 0.1) is 12.5 Å². The lowest BCUT2D eigenvalue weighted by molar-refractivity contribution is 0.705. The standard InChI is InChI=1S/C14H16N4/c1-10(5-7-15)18(2)14-4-3-13(16)12-9-17-8-6-11(12)14/h3-4,6,8-10H,5,16H2,1-2H3. The molecule has 0 saturated heterocycles. The highest BCUT2D eigenvalue weighted by Gasteiger charge is 2.13. The van der Waals surface area contributed by atoms with Crippen molar-refractivity contribution in [3.63, 3.8) is 0 Å². The zero-order valence-corrected chi connectivity index (χ0v) is 10.6. The fourth-order valence-corrected chi connectivity index (χ4v) is 2.01. The third-order valence-electron chi connectivity index (χ3n) is 3.26. The Kier molecular flexibility index (Phi) is 3.33. The van der Waals surface area contributed by atoms with Crippen LogP contribution in [0, 0.1) is 11.3 Å². The lowest BCUT2D eigenvalue weighted by atomic mass is 10.1. The first-order chi connectivity index (χ1) is 8.65. The number of nitrogen functional groups attached to an aromatic ring is 1. The second-order valence-corrected chi connectivity index (χ2v) is 4.42. The summed E-state index contributed by atoms with van der Waals surface area (Å²) in [5.74, 6) is 0. The van der Waals surface area contributed by atoms with Crippen LogP contribution in [-0.4, -0.2) is 18.1 Å². The molecule has 1 aromatic carbocycles. The molecule has 1 heterocycles. The molecule has 0 aliphatic carbocycles. The van der Waals surface area contributed by atoms with Crippen LogP contribution >= 0.6 is 0 Å². The Balaban J connectivity index is 2.52. The van der Waals surface area contributed by atoms with Gasteiger partial charge in [-0.2, -0.15) is 5.26 Å². The lowest BCUT2D eigenvalue weighted by Crippen LogP contribution is -2.28. The minimum atomic E-state index is 0.162. The summed E-state index contributed by atoms with van der Waals surface area (Å²) in [5, 5.41) is 10.8. The molecule has 0 bridgehead atoms. The molecule has 0 aliphatic heterocycles. The van der Waals surface area contributed by atoms with E-state index in [0.717, 1.165) is 22.1 Å². The van der Waals surface area contributed by atoms with Gasteiger partial charge in [-0.25, -0.2) is 0 Å². The molecule has 0 fully saturated rings. The maximum atomic E-state index is 8.78. The van der Waals surface area contributed by atoms with Crippen LogP contribution in [0.1, 0.15) is 13.3 Å². The quantitative estimate of drug-likeness (QED) is 0.837. The first-order valence-corrected chi connectivity index (χ1v) is 5.87. The lowest BCUT2D eigenvalue weighted by Gasteiger charge is -2.26. The highest BCUT2D eigenvalue weighted by molar-refractivity contribution is 6.00. The average Bonchev–Trinajstić information content (AvgIpc) is 2.39. The van der Waals surface area contributed by atoms with Gasteiger partial charge in [-0.3, -0.25) is 4.98 Å². The summed E-state index contributed by atoms with van der Waals surface area (Å²) in [6.45, 7) is 2.03. The van der Waals surface area contributed by atoms with E-state index in [4.69, 9.17) is 11.0 Å². The minimum absolute atomic E-state index is 0.162. The Morgan fingerprint density at radius 3 is 2.89 bits per heavy atom. The number of rotatable bonds is 3. The number of hydrogen-bond donors (Lipinski definition) is 1. The van der Waals surface area contributed by atoms with Gasteiger partial charge < -0.3 is 10.6 Å². The van der Waals surface area contributed by atoms with Crippen molar-refractivity contribution in [3.8, 4) is 6.07 Å². The van der Waals surface area contributed by atoms with E-state index in [1.807, 2.05) is 32.2 Å². The van der Waals surface area contributed by atoms with E-state index < -0.39 is 0 Å². The maximum absolute atomic E-state index is 8.78. The predicted molar refractivity (Wildman–Crippen MR) is 74.3 cm³/mol.